The summed E-state index contributed by atoms with van der Waals surface area (Å²) in [6.45, 7) is 0.529. The Labute approximate surface area is 186 Å². The van der Waals surface area contributed by atoms with Gasteiger partial charge in [0.05, 0.1) is 5.69 Å². The molecular weight excluding hydrogens is 442 g/mol. The van der Waals surface area contributed by atoms with E-state index in [0.29, 0.717) is 0 Å². The van der Waals surface area contributed by atoms with Crippen LogP contribution in [0.25, 0.3) is 0 Å². The van der Waals surface area contributed by atoms with Crippen LogP contribution in [0.2, 0.25) is 0 Å². The molecule has 0 spiro atoms. The first kappa shape index (κ1) is 25.2. The molecule has 1 unspecified atom stereocenters. The van der Waals surface area contributed by atoms with Gasteiger partial charge in [0.1, 0.15) is 24.2 Å². The van der Waals surface area contributed by atoms with E-state index in [1.54, 1.807) is 6.07 Å². The third kappa shape index (κ3) is 5.80. The first-order chi connectivity index (χ1) is 15.0. The summed E-state index contributed by atoms with van der Waals surface area (Å²) in [6, 6.07) is 9.37. The fourth-order valence-corrected chi connectivity index (χ4v) is 3.98. The van der Waals surface area contributed by atoms with Gasteiger partial charge in [0.15, 0.2) is 0 Å². The normalized spacial score (nSPS) is 12.3. The fraction of sp³-hybridized carbons (Fsp3) is 0.333. The third-order valence-corrected chi connectivity index (χ3v) is 6.67. The molecule has 2 aromatic carbocycles. The van der Waals surface area contributed by atoms with Crippen molar-refractivity contribution in [2.75, 3.05) is 32.0 Å². The van der Waals surface area contributed by atoms with Crippen molar-refractivity contribution in [2.45, 2.75) is 19.5 Å². The second-order valence-electron chi connectivity index (χ2n) is 7.18. The average molecular weight is 469 g/mol. The van der Waals surface area contributed by atoms with Gasteiger partial charge < -0.3 is 10.2 Å². The van der Waals surface area contributed by atoms with Crippen LogP contribution in [-0.2, 0) is 26.3 Å². The number of anilines is 1. The zero-order valence-corrected chi connectivity index (χ0v) is 19.1. The number of likely N-dealkylation sites (N-methyl/N-ethyl adjacent to an activating group) is 1. The van der Waals surface area contributed by atoms with Gasteiger partial charge in [0.25, 0.3) is 0 Å². The molecule has 0 saturated heterocycles. The molecule has 8 nitrogen and oxygen atoms in total. The van der Waals surface area contributed by atoms with Gasteiger partial charge in [0, 0.05) is 33.3 Å². The molecule has 2 aromatic rings. The van der Waals surface area contributed by atoms with Crippen LogP contribution in [0.5, 0.6) is 0 Å². The van der Waals surface area contributed by atoms with Gasteiger partial charge in [-0.15, -0.1) is 0 Å². The van der Waals surface area contributed by atoms with Gasteiger partial charge in [0.2, 0.25) is 11.8 Å². The zero-order valence-electron chi connectivity index (χ0n) is 18.2. The highest BCUT2D eigenvalue weighted by atomic mass is 32.2. The molecule has 174 valence electrons. The molecule has 0 aromatic heterocycles. The maximum absolute atomic E-state index is 14.2. The Hall–Kier alpha value is -3.05. The molecule has 0 aliphatic carbocycles. The maximum atomic E-state index is 14.2. The van der Waals surface area contributed by atoms with E-state index in [9.17, 15) is 26.8 Å². The van der Waals surface area contributed by atoms with Crippen molar-refractivity contribution in [1.29, 1.82) is 0 Å². The lowest BCUT2D eigenvalue weighted by Crippen LogP contribution is -2.52. The average Bonchev–Trinajstić information content (AvgIpc) is 2.76. The monoisotopic (exact) mass is 468 g/mol. The summed E-state index contributed by atoms with van der Waals surface area (Å²) in [4.78, 5) is 26.6. The van der Waals surface area contributed by atoms with Gasteiger partial charge >= 0.3 is 10.2 Å². The van der Waals surface area contributed by atoms with E-state index in [4.69, 9.17) is 0 Å². The zero-order chi connectivity index (χ0) is 24.1. The summed E-state index contributed by atoms with van der Waals surface area (Å²) in [7, 11) is -0.165. The summed E-state index contributed by atoms with van der Waals surface area (Å²) in [5.41, 5.74) is 0.229. The number of nitrogens with one attached hydrogen (secondary N) is 1. The van der Waals surface area contributed by atoms with Crippen LogP contribution < -0.4 is 9.62 Å². The summed E-state index contributed by atoms with van der Waals surface area (Å²) in [5.74, 6) is -2.38. The molecule has 32 heavy (non-hydrogen) atoms. The van der Waals surface area contributed by atoms with Crippen LogP contribution in [-0.4, -0.2) is 63.2 Å². The standard InChI is InChI=1S/C21H26F2N4O4S/c1-15(21(29)24-2)26(13-16-7-5-6-8-19(16)23)20(28)14-27(32(30,31)25(3)4)18-11-9-17(22)10-12-18/h5-12,15H,13-14H2,1-4H3,(H,24,29). The van der Waals surface area contributed by atoms with E-state index >= 15 is 0 Å². The van der Waals surface area contributed by atoms with E-state index in [0.717, 1.165) is 25.6 Å². The fourth-order valence-electron chi connectivity index (χ4n) is 2.93. The van der Waals surface area contributed by atoms with E-state index < -0.39 is 46.2 Å². The first-order valence-corrected chi connectivity index (χ1v) is 11.1. The lowest BCUT2D eigenvalue weighted by atomic mass is 10.1. The Bertz CT molecular complexity index is 1060. The minimum atomic E-state index is -4.14. The molecule has 1 N–H and O–H groups in total. The number of hydrogen-bond donors (Lipinski definition) is 1. The molecule has 2 amide bonds. The number of hydrogen-bond acceptors (Lipinski definition) is 4. The Morgan fingerprint density at radius 2 is 1.62 bits per heavy atom. The molecule has 0 saturated carbocycles. The molecule has 11 heteroatoms. The predicted molar refractivity (Wildman–Crippen MR) is 117 cm³/mol. The van der Waals surface area contributed by atoms with Gasteiger partial charge in [-0.2, -0.15) is 12.7 Å². The topological polar surface area (TPSA) is 90.0 Å². The number of benzene rings is 2. The van der Waals surface area contributed by atoms with Crippen LogP contribution in [0.3, 0.4) is 0 Å². The molecule has 0 radical (unpaired) electrons. The molecule has 1 atom stereocenters. The Morgan fingerprint density at radius 3 is 2.16 bits per heavy atom. The first-order valence-electron chi connectivity index (χ1n) is 9.69. The quantitative estimate of drug-likeness (QED) is 0.607. The van der Waals surface area contributed by atoms with Gasteiger partial charge in [-0.3, -0.25) is 9.59 Å². The van der Waals surface area contributed by atoms with Crippen LogP contribution in [0.1, 0.15) is 12.5 Å². The minimum absolute atomic E-state index is 0.0619. The van der Waals surface area contributed by atoms with Crippen LogP contribution in [0.15, 0.2) is 48.5 Å². The summed E-state index contributed by atoms with van der Waals surface area (Å²) in [5, 5.41) is 2.43. The Kier molecular flexibility index (Phi) is 8.28. The summed E-state index contributed by atoms with van der Waals surface area (Å²) in [6.07, 6.45) is 0. The van der Waals surface area contributed by atoms with Crippen molar-refractivity contribution in [3.63, 3.8) is 0 Å². The molecular formula is C21H26F2N4O4S. The third-order valence-electron chi connectivity index (χ3n) is 4.85. The Balaban J connectivity index is 2.45. The lowest BCUT2D eigenvalue weighted by molar-refractivity contribution is -0.139. The number of halogens is 2. The molecule has 0 heterocycles. The van der Waals surface area contributed by atoms with Crippen LogP contribution in [0, 0.1) is 11.6 Å². The minimum Gasteiger partial charge on any atom is -0.357 e. The number of nitrogens with zero attached hydrogens (tertiary/aromatic N) is 3. The maximum Gasteiger partial charge on any atom is 0.304 e. The molecule has 0 aliphatic rings. The number of carbonyl (C=O) groups is 2. The van der Waals surface area contributed by atoms with Gasteiger partial charge in [-0.25, -0.2) is 13.1 Å². The summed E-state index contributed by atoms with van der Waals surface area (Å²) >= 11 is 0. The molecule has 2 rings (SSSR count). The van der Waals surface area contributed by atoms with E-state index in [1.165, 1.54) is 58.4 Å². The Morgan fingerprint density at radius 1 is 1.03 bits per heavy atom. The highest BCUT2D eigenvalue weighted by Gasteiger charge is 2.32. The number of amides is 2. The van der Waals surface area contributed by atoms with Crippen molar-refractivity contribution in [3.05, 3.63) is 65.7 Å². The lowest BCUT2D eigenvalue weighted by Gasteiger charge is -2.32. The SMILES string of the molecule is CNC(=O)C(C)N(Cc1ccccc1F)C(=O)CN(c1ccc(F)cc1)S(=O)(=O)N(C)C. The second-order valence-corrected chi connectivity index (χ2v) is 9.24. The number of rotatable bonds is 9. The van der Waals surface area contributed by atoms with Gasteiger partial charge in [-0.1, -0.05) is 18.2 Å². The van der Waals surface area contributed by atoms with Crippen molar-refractivity contribution in [2.24, 2.45) is 0 Å². The smallest absolute Gasteiger partial charge is 0.304 e. The van der Waals surface area contributed by atoms with E-state index in [-0.39, 0.29) is 17.8 Å². The number of carbonyl (C=O) groups excluding carboxylic acids is 2. The van der Waals surface area contributed by atoms with Crippen molar-refractivity contribution < 1.29 is 26.8 Å². The second kappa shape index (κ2) is 10.5. The van der Waals surface area contributed by atoms with E-state index in [2.05, 4.69) is 5.32 Å². The summed E-state index contributed by atoms with van der Waals surface area (Å²) < 4.78 is 55.1. The van der Waals surface area contributed by atoms with Crippen molar-refractivity contribution in [1.82, 2.24) is 14.5 Å². The van der Waals surface area contributed by atoms with Crippen LogP contribution >= 0.6 is 0 Å². The van der Waals surface area contributed by atoms with Gasteiger partial charge in [-0.05, 0) is 37.3 Å². The molecule has 0 bridgehead atoms. The highest BCUT2D eigenvalue weighted by Crippen LogP contribution is 2.21. The largest absolute Gasteiger partial charge is 0.357 e. The van der Waals surface area contributed by atoms with Crippen LogP contribution in [0.4, 0.5) is 14.5 Å². The molecule has 0 aliphatic heterocycles. The van der Waals surface area contributed by atoms with Crippen molar-refractivity contribution >= 4 is 27.7 Å². The van der Waals surface area contributed by atoms with Crippen molar-refractivity contribution in [3.8, 4) is 0 Å². The molecule has 0 fully saturated rings. The highest BCUT2D eigenvalue weighted by molar-refractivity contribution is 7.90. The predicted octanol–water partition coefficient (Wildman–Crippen LogP) is 1.74. The van der Waals surface area contributed by atoms with E-state index in [1.807, 2.05) is 0 Å².